The van der Waals surface area contributed by atoms with E-state index < -0.39 is 0 Å². The zero-order valence-electron chi connectivity index (χ0n) is 10.4. The maximum absolute atomic E-state index is 6.12. The quantitative estimate of drug-likeness (QED) is 0.849. The average Bonchev–Trinajstić information content (AvgIpc) is 2.65. The Labute approximate surface area is 102 Å². The van der Waals surface area contributed by atoms with Gasteiger partial charge in [-0.2, -0.15) is 0 Å². The van der Waals surface area contributed by atoms with Crippen molar-refractivity contribution in [2.45, 2.75) is 63.7 Å². The molecular weight excluding hydrogens is 214 g/mol. The fraction of sp³-hybridized carbons (Fsp3) is 0.769. The molecule has 0 saturated carbocycles. The van der Waals surface area contributed by atoms with Gasteiger partial charge in [0.05, 0.1) is 12.7 Å². The summed E-state index contributed by atoms with van der Waals surface area (Å²) in [7, 11) is 0. The van der Waals surface area contributed by atoms with Crippen LogP contribution in [0.5, 0.6) is 0 Å². The van der Waals surface area contributed by atoms with E-state index in [4.69, 9.17) is 10.2 Å². The van der Waals surface area contributed by atoms with Crippen LogP contribution in [0.15, 0.2) is 10.6 Å². The van der Waals surface area contributed by atoms with Gasteiger partial charge in [-0.25, -0.2) is 4.98 Å². The molecule has 0 aromatic carbocycles. The van der Waals surface area contributed by atoms with Gasteiger partial charge in [0, 0.05) is 18.1 Å². The number of aromatic nitrogens is 1. The largest absolute Gasteiger partial charge is 0.445 e. The third kappa shape index (κ3) is 2.24. The number of nitrogens with two attached hydrogens (primary N) is 1. The minimum Gasteiger partial charge on any atom is -0.445 e. The van der Waals surface area contributed by atoms with Gasteiger partial charge in [-0.05, 0) is 32.6 Å². The molecule has 4 heteroatoms. The number of hydrogen-bond acceptors (Lipinski definition) is 4. The number of aryl methyl sites for hydroxylation is 1. The maximum Gasteiger partial charge on any atom is 0.208 e. The summed E-state index contributed by atoms with van der Waals surface area (Å²) in [6.07, 6.45) is 7.99. The summed E-state index contributed by atoms with van der Waals surface area (Å²) in [5.74, 6) is 1.76. The number of hydrogen-bond donors (Lipinski definition) is 1. The van der Waals surface area contributed by atoms with Crippen LogP contribution in [-0.4, -0.2) is 28.0 Å². The summed E-state index contributed by atoms with van der Waals surface area (Å²) in [6, 6.07) is 1.68. The highest BCUT2D eigenvalue weighted by Gasteiger charge is 2.37. The van der Waals surface area contributed by atoms with E-state index in [1.165, 1.54) is 19.3 Å². The number of oxazole rings is 1. The van der Waals surface area contributed by atoms with Crippen LogP contribution in [-0.2, 0) is 6.54 Å². The Morgan fingerprint density at radius 1 is 1.41 bits per heavy atom. The Hall–Kier alpha value is -0.870. The second kappa shape index (κ2) is 4.42. The van der Waals surface area contributed by atoms with Crippen LogP contribution in [0.25, 0.3) is 0 Å². The lowest BCUT2D eigenvalue weighted by Gasteiger charge is -2.47. The Balaban J connectivity index is 1.73. The van der Waals surface area contributed by atoms with E-state index in [2.05, 4.69) is 9.88 Å². The highest BCUT2D eigenvalue weighted by Crippen LogP contribution is 2.34. The lowest BCUT2D eigenvalue weighted by Crippen LogP contribution is -2.54. The van der Waals surface area contributed by atoms with Crippen molar-refractivity contribution in [3.63, 3.8) is 0 Å². The number of fused-ring (bicyclic) bond motifs is 2. The van der Waals surface area contributed by atoms with Crippen molar-refractivity contribution in [1.29, 1.82) is 0 Å². The van der Waals surface area contributed by atoms with E-state index >= 15 is 0 Å². The summed E-state index contributed by atoms with van der Waals surface area (Å²) < 4.78 is 5.59. The molecule has 2 aliphatic rings. The molecule has 0 amide bonds. The first-order chi connectivity index (χ1) is 8.22. The fourth-order valence-corrected chi connectivity index (χ4v) is 3.41. The SMILES string of the molecule is Cc1cnc(CN2C3CCCC2CC(N)C3)o1. The predicted octanol–water partition coefficient (Wildman–Crippen LogP) is 1.83. The smallest absolute Gasteiger partial charge is 0.208 e. The normalized spacial score (nSPS) is 33.9. The number of piperidine rings is 2. The van der Waals surface area contributed by atoms with Gasteiger partial charge >= 0.3 is 0 Å². The minimum atomic E-state index is 0.396. The highest BCUT2D eigenvalue weighted by atomic mass is 16.4. The van der Waals surface area contributed by atoms with Crippen molar-refractivity contribution in [2.75, 3.05) is 0 Å². The molecule has 2 bridgehead atoms. The standard InChI is InChI=1S/C13H21N3O/c1-9-7-15-13(17-9)8-16-11-3-2-4-12(16)6-10(14)5-11/h7,10-12H,2-6,8,14H2,1H3. The highest BCUT2D eigenvalue weighted by molar-refractivity contribution is 4.97. The van der Waals surface area contributed by atoms with Gasteiger partial charge in [0.15, 0.2) is 0 Å². The van der Waals surface area contributed by atoms with E-state index in [9.17, 15) is 0 Å². The molecule has 2 aliphatic heterocycles. The molecule has 0 radical (unpaired) electrons. The molecule has 2 unspecified atom stereocenters. The van der Waals surface area contributed by atoms with Crippen LogP contribution in [0.4, 0.5) is 0 Å². The molecule has 1 aromatic heterocycles. The molecule has 4 nitrogen and oxygen atoms in total. The molecule has 3 heterocycles. The molecule has 94 valence electrons. The molecule has 2 saturated heterocycles. The lowest BCUT2D eigenvalue weighted by molar-refractivity contribution is 0.0178. The van der Waals surface area contributed by atoms with Gasteiger partial charge in [0.2, 0.25) is 5.89 Å². The first-order valence-electron chi connectivity index (χ1n) is 6.65. The van der Waals surface area contributed by atoms with Crippen LogP contribution in [0.3, 0.4) is 0 Å². The van der Waals surface area contributed by atoms with Gasteiger partial charge in [0.25, 0.3) is 0 Å². The molecule has 2 N–H and O–H groups in total. The van der Waals surface area contributed by atoms with Gasteiger partial charge in [0.1, 0.15) is 5.76 Å². The van der Waals surface area contributed by atoms with E-state index in [1.807, 2.05) is 6.92 Å². The Morgan fingerprint density at radius 2 is 2.12 bits per heavy atom. The van der Waals surface area contributed by atoms with Crippen molar-refractivity contribution in [1.82, 2.24) is 9.88 Å². The third-order valence-electron chi connectivity index (χ3n) is 4.15. The summed E-state index contributed by atoms with van der Waals surface area (Å²) in [6.45, 7) is 2.80. The summed E-state index contributed by atoms with van der Waals surface area (Å²) >= 11 is 0. The summed E-state index contributed by atoms with van der Waals surface area (Å²) in [5.41, 5.74) is 6.12. The van der Waals surface area contributed by atoms with Crippen LogP contribution >= 0.6 is 0 Å². The molecule has 3 rings (SSSR count). The molecule has 0 aliphatic carbocycles. The second-order valence-corrected chi connectivity index (χ2v) is 5.51. The number of nitrogens with zero attached hydrogens (tertiary/aromatic N) is 2. The van der Waals surface area contributed by atoms with Gasteiger partial charge < -0.3 is 10.2 Å². The van der Waals surface area contributed by atoms with Crippen molar-refractivity contribution >= 4 is 0 Å². The van der Waals surface area contributed by atoms with Gasteiger partial charge in [-0.1, -0.05) is 6.42 Å². The third-order valence-corrected chi connectivity index (χ3v) is 4.15. The van der Waals surface area contributed by atoms with Crippen LogP contribution in [0.2, 0.25) is 0 Å². The first kappa shape index (κ1) is 11.2. The lowest BCUT2D eigenvalue weighted by atomic mass is 9.82. The first-order valence-corrected chi connectivity index (χ1v) is 6.65. The summed E-state index contributed by atoms with van der Waals surface area (Å²) in [5, 5.41) is 0. The zero-order chi connectivity index (χ0) is 11.8. The molecule has 1 aromatic rings. The minimum absolute atomic E-state index is 0.396. The number of rotatable bonds is 2. The van der Waals surface area contributed by atoms with Crippen molar-refractivity contribution in [3.8, 4) is 0 Å². The van der Waals surface area contributed by atoms with Crippen molar-refractivity contribution in [3.05, 3.63) is 17.8 Å². The van der Waals surface area contributed by atoms with Crippen molar-refractivity contribution in [2.24, 2.45) is 5.73 Å². The van der Waals surface area contributed by atoms with Crippen molar-refractivity contribution < 1.29 is 4.42 Å². The van der Waals surface area contributed by atoms with Crippen LogP contribution in [0, 0.1) is 6.92 Å². The maximum atomic E-state index is 6.12. The Bertz CT molecular complexity index is 376. The molecule has 17 heavy (non-hydrogen) atoms. The van der Waals surface area contributed by atoms with E-state index in [1.54, 1.807) is 6.20 Å². The second-order valence-electron chi connectivity index (χ2n) is 5.51. The predicted molar refractivity (Wildman–Crippen MR) is 65.4 cm³/mol. The van der Waals surface area contributed by atoms with E-state index in [-0.39, 0.29) is 0 Å². The molecule has 2 fully saturated rings. The zero-order valence-corrected chi connectivity index (χ0v) is 10.4. The Morgan fingerprint density at radius 3 is 2.71 bits per heavy atom. The van der Waals surface area contributed by atoms with Crippen LogP contribution < -0.4 is 5.73 Å². The Kier molecular flexibility index (Phi) is 2.92. The van der Waals surface area contributed by atoms with E-state index in [0.29, 0.717) is 18.1 Å². The fourth-order valence-electron chi connectivity index (χ4n) is 3.41. The van der Waals surface area contributed by atoms with E-state index in [0.717, 1.165) is 31.0 Å². The average molecular weight is 235 g/mol. The topological polar surface area (TPSA) is 55.3 Å². The molecule has 0 spiro atoms. The molecule has 2 atom stereocenters. The van der Waals surface area contributed by atoms with Crippen LogP contribution in [0.1, 0.15) is 43.8 Å². The monoisotopic (exact) mass is 235 g/mol. The van der Waals surface area contributed by atoms with Gasteiger partial charge in [-0.3, -0.25) is 4.90 Å². The molecular formula is C13H21N3O. The summed E-state index contributed by atoms with van der Waals surface area (Å²) in [4.78, 5) is 6.88. The van der Waals surface area contributed by atoms with Gasteiger partial charge in [-0.15, -0.1) is 0 Å².